The smallest absolute Gasteiger partial charge is 0.257 e. The number of rotatable bonds is 5. The van der Waals surface area contributed by atoms with E-state index in [0.29, 0.717) is 29.0 Å². The zero-order valence-corrected chi connectivity index (χ0v) is 19.8. The molecule has 0 radical (unpaired) electrons. The van der Waals surface area contributed by atoms with Gasteiger partial charge in [-0.2, -0.15) is 4.31 Å². The van der Waals surface area contributed by atoms with Crippen molar-refractivity contribution < 1.29 is 26.4 Å². The third kappa shape index (κ3) is 4.55. The van der Waals surface area contributed by atoms with Crippen molar-refractivity contribution in [2.45, 2.75) is 16.7 Å². The van der Waals surface area contributed by atoms with E-state index in [4.69, 9.17) is 4.74 Å². The third-order valence-electron chi connectivity index (χ3n) is 5.07. The number of anilines is 1. The number of morpholine rings is 1. The van der Waals surface area contributed by atoms with Gasteiger partial charge in [0, 0.05) is 24.9 Å². The molecule has 32 heavy (non-hydrogen) atoms. The zero-order chi connectivity index (χ0) is 23.1. The van der Waals surface area contributed by atoms with E-state index in [1.54, 1.807) is 19.1 Å². The van der Waals surface area contributed by atoms with E-state index in [1.165, 1.54) is 28.6 Å². The van der Waals surface area contributed by atoms with Gasteiger partial charge in [0.2, 0.25) is 10.0 Å². The summed E-state index contributed by atoms with van der Waals surface area (Å²) < 4.78 is 56.6. The first-order valence-corrected chi connectivity index (χ1v) is 13.8. The molecule has 0 saturated carbocycles. The Hall–Kier alpha value is -2.38. The molecule has 1 aromatic heterocycles. The molecule has 4 rings (SSSR count). The standard InChI is InChI=1S/C20H21N3O6S3/c1-13-3-4-15(32(27,28)23-7-9-29-10-8-23)11-16(13)19(24)22-20-21-17-6-5-14(31(2,25)26)12-18(17)30-20/h3-6,11-12H,7-10H2,1-2H3,(H,21,22,24). The molecule has 0 spiro atoms. The highest BCUT2D eigenvalue weighted by molar-refractivity contribution is 7.90. The van der Waals surface area contributed by atoms with E-state index in [2.05, 4.69) is 10.3 Å². The Morgan fingerprint density at radius 1 is 1.06 bits per heavy atom. The van der Waals surface area contributed by atoms with E-state index < -0.39 is 25.8 Å². The van der Waals surface area contributed by atoms with Gasteiger partial charge in [-0.25, -0.2) is 21.8 Å². The van der Waals surface area contributed by atoms with Crippen molar-refractivity contribution in [3.63, 3.8) is 0 Å². The summed E-state index contributed by atoms with van der Waals surface area (Å²) >= 11 is 1.14. The van der Waals surface area contributed by atoms with Gasteiger partial charge in [-0.1, -0.05) is 17.4 Å². The van der Waals surface area contributed by atoms with E-state index in [0.717, 1.165) is 17.6 Å². The second-order valence-corrected chi connectivity index (χ2v) is 12.4. The number of carbonyl (C=O) groups excluding carboxylic acids is 1. The zero-order valence-electron chi connectivity index (χ0n) is 17.4. The lowest BCUT2D eigenvalue weighted by Crippen LogP contribution is -2.40. The Morgan fingerprint density at radius 2 is 1.75 bits per heavy atom. The molecule has 0 bridgehead atoms. The van der Waals surface area contributed by atoms with Crippen LogP contribution in [0, 0.1) is 6.92 Å². The summed E-state index contributed by atoms with van der Waals surface area (Å²) in [5.41, 5.74) is 1.39. The average Bonchev–Trinajstić information content (AvgIpc) is 3.15. The topological polar surface area (TPSA) is 123 Å². The Bertz CT molecular complexity index is 1410. The number of aromatic nitrogens is 1. The van der Waals surface area contributed by atoms with Gasteiger partial charge in [0.15, 0.2) is 15.0 Å². The summed E-state index contributed by atoms with van der Waals surface area (Å²) in [6, 6.07) is 9.01. The summed E-state index contributed by atoms with van der Waals surface area (Å²) in [7, 11) is -7.11. The molecule has 1 amide bonds. The molecule has 1 saturated heterocycles. The fraction of sp³-hybridized carbons (Fsp3) is 0.300. The van der Waals surface area contributed by atoms with Crippen molar-refractivity contribution in [3.8, 4) is 0 Å². The first-order valence-electron chi connectivity index (χ1n) is 9.66. The second kappa shape index (κ2) is 8.52. The average molecular weight is 496 g/mol. The van der Waals surface area contributed by atoms with E-state index in [9.17, 15) is 21.6 Å². The number of fused-ring (bicyclic) bond motifs is 1. The van der Waals surface area contributed by atoms with Crippen molar-refractivity contribution in [1.82, 2.24) is 9.29 Å². The fourth-order valence-electron chi connectivity index (χ4n) is 3.30. The molecule has 2 heterocycles. The number of aryl methyl sites for hydroxylation is 1. The minimum absolute atomic E-state index is 0.0391. The molecule has 9 nitrogen and oxygen atoms in total. The van der Waals surface area contributed by atoms with Crippen LogP contribution < -0.4 is 5.32 Å². The van der Waals surface area contributed by atoms with Gasteiger partial charge < -0.3 is 4.74 Å². The van der Waals surface area contributed by atoms with Gasteiger partial charge in [0.1, 0.15) is 0 Å². The Morgan fingerprint density at radius 3 is 2.44 bits per heavy atom. The van der Waals surface area contributed by atoms with Crippen LogP contribution in [0.3, 0.4) is 0 Å². The van der Waals surface area contributed by atoms with Gasteiger partial charge in [-0.3, -0.25) is 10.1 Å². The number of sulfonamides is 1. The first kappa shape index (κ1) is 22.8. The Labute approximate surface area is 190 Å². The monoisotopic (exact) mass is 495 g/mol. The lowest BCUT2D eigenvalue weighted by Gasteiger charge is -2.26. The molecule has 1 aliphatic rings. The van der Waals surface area contributed by atoms with Crippen LogP contribution in [0.25, 0.3) is 10.2 Å². The highest BCUT2D eigenvalue weighted by Crippen LogP contribution is 2.29. The predicted octanol–water partition coefficient (Wildman–Crippen LogP) is 2.28. The highest BCUT2D eigenvalue weighted by atomic mass is 32.2. The van der Waals surface area contributed by atoms with Crippen molar-refractivity contribution in [3.05, 3.63) is 47.5 Å². The summed E-state index contributed by atoms with van der Waals surface area (Å²) in [6.45, 7) is 2.91. The lowest BCUT2D eigenvalue weighted by molar-refractivity contribution is 0.0730. The van der Waals surface area contributed by atoms with Gasteiger partial charge >= 0.3 is 0 Å². The van der Waals surface area contributed by atoms with Gasteiger partial charge in [0.25, 0.3) is 5.91 Å². The van der Waals surface area contributed by atoms with E-state index >= 15 is 0 Å². The van der Waals surface area contributed by atoms with Crippen molar-refractivity contribution in [1.29, 1.82) is 0 Å². The first-order chi connectivity index (χ1) is 15.1. The number of carbonyl (C=O) groups is 1. The summed E-state index contributed by atoms with van der Waals surface area (Å²) in [6.07, 6.45) is 1.12. The predicted molar refractivity (Wildman–Crippen MR) is 121 cm³/mol. The number of benzene rings is 2. The maximum absolute atomic E-state index is 12.9. The van der Waals surface area contributed by atoms with Crippen molar-refractivity contribution >= 4 is 52.5 Å². The van der Waals surface area contributed by atoms with E-state index in [-0.39, 0.29) is 33.6 Å². The van der Waals surface area contributed by atoms with Crippen LogP contribution in [0.2, 0.25) is 0 Å². The number of sulfone groups is 1. The normalized spacial score (nSPS) is 15.7. The Kier molecular flexibility index (Phi) is 6.07. The lowest BCUT2D eigenvalue weighted by atomic mass is 10.1. The molecule has 2 aromatic carbocycles. The van der Waals surface area contributed by atoms with Crippen LogP contribution >= 0.6 is 11.3 Å². The van der Waals surface area contributed by atoms with Gasteiger partial charge in [-0.05, 0) is 42.8 Å². The number of amides is 1. The number of ether oxygens (including phenoxy) is 1. The van der Waals surface area contributed by atoms with Crippen molar-refractivity contribution in [2.75, 3.05) is 37.9 Å². The number of nitrogens with one attached hydrogen (secondary N) is 1. The third-order valence-corrected chi connectivity index (χ3v) is 9.01. The molecule has 170 valence electrons. The van der Waals surface area contributed by atoms with Crippen molar-refractivity contribution in [2.24, 2.45) is 0 Å². The van der Waals surface area contributed by atoms with Crippen LogP contribution in [0.5, 0.6) is 0 Å². The molecular formula is C20H21N3O6S3. The van der Waals surface area contributed by atoms with Crippen LogP contribution in [-0.4, -0.2) is 64.6 Å². The molecule has 12 heteroatoms. The summed E-state index contributed by atoms with van der Waals surface area (Å²) in [4.78, 5) is 17.5. The number of nitrogens with zero attached hydrogens (tertiary/aromatic N) is 2. The van der Waals surface area contributed by atoms with E-state index in [1.807, 2.05) is 0 Å². The Balaban J connectivity index is 1.61. The van der Waals surface area contributed by atoms with Crippen LogP contribution in [0.4, 0.5) is 5.13 Å². The molecule has 3 aromatic rings. The molecule has 1 fully saturated rings. The summed E-state index contributed by atoms with van der Waals surface area (Å²) in [5.74, 6) is -0.496. The number of hydrogen-bond acceptors (Lipinski definition) is 8. The van der Waals surface area contributed by atoms with Gasteiger partial charge in [-0.15, -0.1) is 0 Å². The quantitative estimate of drug-likeness (QED) is 0.576. The highest BCUT2D eigenvalue weighted by Gasteiger charge is 2.27. The molecular weight excluding hydrogens is 474 g/mol. The largest absolute Gasteiger partial charge is 0.379 e. The van der Waals surface area contributed by atoms with Crippen LogP contribution in [0.15, 0.2) is 46.2 Å². The fourth-order valence-corrected chi connectivity index (χ4v) is 6.35. The maximum Gasteiger partial charge on any atom is 0.257 e. The maximum atomic E-state index is 12.9. The number of thiazole rings is 1. The summed E-state index contributed by atoms with van der Waals surface area (Å²) in [5, 5.41) is 2.98. The molecule has 0 unspecified atom stereocenters. The SMILES string of the molecule is Cc1ccc(S(=O)(=O)N2CCOCC2)cc1C(=O)Nc1nc2ccc(S(C)(=O)=O)cc2s1. The van der Waals surface area contributed by atoms with Gasteiger partial charge in [0.05, 0.1) is 33.2 Å². The second-order valence-electron chi connectivity index (χ2n) is 7.37. The number of hydrogen-bond donors (Lipinski definition) is 1. The van der Waals surface area contributed by atoms with Crippen LogP contribution in [0.1, 0.15) is 15.9 Å². The minimum atomic E-state index is -3.74. The minimum Gasteiger partial charge on any atom is -0.379 e. The molecule has 1 aliphatic heterocycles. The molecule has 0 atom stereocenters. The molecule has 0 aliphatic carbocycles. The van der Waals surface area contributed by atoms with Crippen LogP contribution in [-0.2, 0) is 24.6 Å². The molecule has 1 N–H and O–H groups in total.